The van der Waals surface area contributed by atoms with Crippen LogP contribution in [0.4, 0.5) is 0 Å². The third kappa shape index (κ3) is 4.73. The second-order valence-electron chi connectivity index (χ2n) is 5.45. The maximum atomic E-state index is 12.3. The van der Waals surface area contributed by atoms with Gasteiger partial charge in [0.1, 0.15) is 0 Å². The number of hydrogen-bond acceptors (Lipinski definition) is 5. The van der Waals surface area contributed by atoms with Gasteiger partial charge in [-0.2, -0.15) is 5.10 Å². The van der Waals surface area contributed by atoms with E-state index in [4.69, 9.17) is 21.1 Å². The highest BCUT2D eigenvalue weighted by Gasteiger charge is 2.26. The molecule has 0 aliphatic heterocycles. The predicted octanol–water partition coefficient (Wildman–Crippen LogP) is 3.74. The van der Waals surface area contributed by atoms with Gasteiger partial charge >= 0.3 is 11.9 Å². The Balaban J connectivity index is 2.35. The van der Waals surface area contributed by atoms with Crippen LogP contribution in [0.1, 0.15) is 31.4 Å². The summed E-state index contributed by atoms with van der Waals surface area (Å²) in [5.41, 5.74) is 2.60. The van der Waals surface area contributed by atoms with Crippen molar-refractivity contribution in [3.8, 4) is 0 Å². The van der Waals surface area contributed by atoms with E-state index in [1.54, 1.807) is 20.0 Å². The number of nitrogens with one attached hydrogen (secondary N) is 1. The first kappa shape index (κ1) is 19.7. The normalized spacial score (nSPS) is 12.2. The molecule has 0 saturated heterocycles. The number of H-pyrrole nitrogens is 1. The van der Waals surface area contributed by atoms with E-state index in [0.29, 0.717) is 6.42 Å². The van der Waals surface area contributed by atoms with Gasteiger partial charge in [0.25, 0.3) is 0 Å². The first-order valence-corrected chi connectivity index (χ1v) is 9.36. The molecule has 1 heterocycles. The van der Waals surface area contributed by atoms with Gasteiger partial charge in [-0.05, 0) is 53.4 Å². The van der Waals surface area contributed by atoms with Crippen LogP contribution in [0, 0.1) is 5.92 Å². The fourth-order valence-electron chi connectivity index (χ4n) is 2.71. The van der Waals surface area contributed by atoms with Gasteiger partial charge < -0.3 is 9.47 Å². The van der Waals surface area contributed by atoms with E-state index in [2.05, 4.69) is 26.1 Å². The monoisotopic (exact) mass is 430 g/mol. The van der Waals surface area contributed by atoms with Crippen molar-refractivity contribution in [3.63, 3.8) is 0 Å². The maximum absolute atomic E-state index is 12.3. The summed E-state index contributed by atoms with van der Waals surface area (Å²) in [4.78, 5) is 24.2. The molecular formula is C17H20BrClN2O4. The highest BCUT2D eigenvalue weighted by Crippen LogP contribution is 2.31. The summed E-state index contributed by atoms with van der Waals surface area (Å²) in [5.74, 6) is -1.19. The molecule has 1 N–H and O–H groups in total. The number of carbonyl (C=O) groups is 2. The van der Waals surface area contributed by atoms with Crippen molar-refractivity contribution in [1.82, 2.24) is 10.2 Å². The third-order valence-electron chi connectivity index (χ3n) is 3.83. The molecule has 0 saturated carbocycles. The van der Waals surface area contributed by atoms with Crippen LogP contribution in [-0.4, -0.2) is 35.3 Å². The number of benzene rings is 1. The van der Waals surface area contributed by atoms with Gasteiger partial charge in [-0.15, -0.1) is 11.6 Å². The van der Waals surface area contributed by atoms with Crippen molar-refractivity contribution in [1.29, 1.82) is 0 Å². The van der Waals surface area contributed by atoms with E-state index >= 15 is 0 Å². The second kappa shape index (κ2) is 9.20. The highest BCUT2D eigenvalue weighted by molar-refractivity contribution is 9.10. The lowest BCUT2D eigenvalue weighted by Gasteiger charge is -2.17. The van der Waals surface area contributed by atoms with Crippen LogP contribution in [0.3, 0.4) is 0 Å². The third-order valence-corrected chi connectivity index (χ3v) is 4.72. The molecule has 0 aliphatic rings. The van der Waals surface area contributed by atoms with Gasteiger partial charge in [0.15, 0.2) is 0 Å². The van der Waals surface area contributed by atoms with E-state index in [0.717, 1.165) is 26.5 Å². The summed E-state index contributed by atoms with van der Waals surface area (Å²) in [6.07, 6.45) is 2.00. The molecule has 2 rings (SSSR count). The number of fused-ring (bicyclic) bond motifs is 1. The number of esters is 2. The first-order chi connectivity index (χ1) is 12.0. The Morgan fingerprint density at radius 2 is 2.04 bits per heavy atom. The largest absolute Gasteiger partial charge is 0.466 e. The van der Waals surface area contributed by atoms with Crippen LogP contribution in [-0.2, 0) is 31.4 Å². The maximum Gasteiger partial charge on any atom is 0.309 e. The van der Waals surface area contributed by atoms with Crippen molar-refractivity contribution in [2.75, 3.05) is 13.2 Å². The van der Waals surface area contributed by atoms with Crippen LogP contribution in [0.2, 0.25) is 0 Å². The zero-order valence-electron chi connectivity index (χ0n) is 14.1. The number of ether oxygens (including phenoxy) is 2. The molecule has 0 fully saturated rings. The Bertz CT molecular complexity index is 762. The van der Waals surface area contributed by atoms with Crippen LogP contribution < -0.4 is 0 Å². The van der Waals surface area contributed by atoms with Gasteiger partial charge in [0, 0.05) is 15.7 Å². The summed E-state index contributed by atoms with van der Waals surface area (Å²) >= 11 is 9.64. The number of aromatic amines is 1. The standard InChI is InChI=1S/C17H20BrClN2O4/c1-3-24-15(22)7-11(17(23)25-4-2)5-10-6-14(18)16-13(9-20-21-16)12(10)8-19/h6,9,11H,3-5,7-8H2,1-2H3,(H,20,21). The Hall–Kier alpha value is -1.60. The van der Waals surface area contributed by atoms with Gasteiger partial charge in [-0.3, -0.25) is 14.7 Å². The number of halogens is 2. The summed E-state index contributed by atoms with van der Waals surface area (Å²) in [7, 11) is 0. The van der Waals surface area contributed by atoms with Gasteiger partial charge in [0.05, 0.1) is 37.3 Å². The second-order valence-corrected chi connectivity index (χ2v) is 6.57. The summed E-state index contributed by atoms with van der Waals surface area (Å²) < 4.78 is 10.9. The number of alkyl halides is 1. The zero-order chi connectivity index (χ0) is 18.4. The molecule has 1 aromatic carbocycles. The smallest absolute Gasteiger partial charge is 0.309 e. The first-order valence-electron chi connectivity index (χ1n) is 8.03. The predicted molar refractivity (Wildman–Crippen MR) is 98.4 cm³/mol. The number of aromatic nitrogens is 2. The van der Waals surface area contributed by atoms with Gasteiger partial charge in [-0.25, -0.2) is 0 Å². The zero-order valence-corrected chi connectivity index (χ0v) is 16.4. The molecule has 136 valence electrons. The van der Waals surface area contributed by atoms with Crippen LogP contribution in [0.15, 0.2) is 16.7 Å². The minimum Gasteiger partial charge on any atom is -0.466 e. The summed E-state index contributed by atoms with van der Waals surface area (Å²) in [6, 6.07) is 1.90. The van der Waals surface area contributed by atoms with Crippen LogP contribution in [0.25, 0.3) is 10.9 Å². The molecule has 0 spiro atoms. The number of nitrogens with zero attached hydrogens (tertiary/aromatic N) is 1. The number of carbonyl (C=O) groups excluding carboxylic acids is 2. The van der Waals surface area contributed by atoms with Gasteiger partial charge in [0.2, 0.25) is 0 Å². The van der Waals surface area contributed by atoms with Crippen molar-refractivity contribution < 1.29 is 19.1 Å². The van der Waals surface area contributed by atoms with E-state index in [1.165, 1.54) is 0 Å². The van der Waals surface area contributed by atoms with E-state index in [9.17, 15) is 9.59 Å². The fourth-order valence-corrected chi connectivity index (χ4v) is 3.60. The molecule has 8 heteroatoms. The van der Waals surface area contributed by atoms with Crippen LogP contribution in [0.5, 0.6) is 0 Å². The minimum atomic E-state index is -0.628. The molecule has 0 amide bonds. The number of rotatable bonds is 8. The Labute approximate surface area is 159 Å². The molecule has 6 nitrogen and oxygen atoms in total. The summed E-state index contributed by atoms with van der Waals surface area (Å²) in [5, 5.41) is 7.85. The van der Waals surface area contributed by atoms with E-state index in [-0.39, 0.29) is 25.5 Å². The fraction of sp³-hybridized carbons (Fsp3) is 0.471. The van der Waals surface area contributed by atoms with Crippen molar-refractivity contribution in [3.05, 3.63) is 27.9 Å². The van der Waals surface area contributed by atoms with Crippen molar-refractivity contribution >= 4 is 50.4 Å². The molecule has 25 heavy (non-hydrogen) atoms. The Kier molecular flexibility index (Phi) is 7.25. The molecule has 0 radical (unpaired) electrons. The summed E-state index contributed by atoms with van der Waals surface area (Å²) in [6.45, 7) is 3.99. The molecule has 2 aromatic rings. The number of hydrogen-bond donors (Lipinski definition) is 1. The molecule has 1 atom stereocenters. The van der Waals surface area contributed by atoms with Crippen molar-refractivity contribution in [2.24, 2.45) is 5.92 Å². The quantitative estimate of drug-likeness (QED) is 0.509. The van der Waals surface area contributed by atoms with E-state index in [1.807, 2.05) is 6.07 Å². The topological polar surface area (TPSA) is 81.3 Å². The average Bonchev–Trinajstić information content (AvgIpc) is 3.05. The molecule has 0 bridgehead atoms. The van der Waals surface area contributed by atoms with Crippen LogP contribution >= 0.6 is 27.5 Å². The highest BCUT2D eigenvalue weighted by atomic mass is 79.9. The molecule has 0 aliphatic carbocycles. The molecular weight excluding hydrogens is 412 g/mol. The molecule has 1 unspecified atom stereocenters. The van der Waals surface area contributed by atoms with Crippen molar-refractivity contribution in [2.45, 2.75) is 32.6 Å². The lowest BCUT2D eigenvalue weighted by atomic mass is 9.92. The van der Waals surface area contributed by atoms with E-state index < -0.39 is 17.9 Å². The molecule has 1 aromatic heterocycles. The average molecular weight is 432 g/mol. The lowest BCUT2D eigenvalue weighted by Crippen LogP contribution is -2.24. The van der Waals surface area contributed by atoms with Gasteiger partial charge in [-0.1, -0.05) is 0 Å². The minimum absolute atomic E-state index is 0.0323. The lowest BCUT2D eigenvalue weighted by molar-refractivity contribution is -0.154. The Morgan fingerprint density at radius 1 is 1.32 bits per heavy atom. The Morgan fingerprint density at radius 3 is 2.68 bits per heavy atom. The SMILES string of the molecule is CCOC(=O)CC(Cc1cc(Br)c2[nH]ncc2c1CCl)C(=O)OCC.